The van der Waals surface area contributed by atoms with Gasteiger partial charge in [-0.15, -0.1) is 0 Å². The van der Waals surface area contributed by atoms with Gasteiger partial charge in [-0.3, -0.25) is 9.63 Å². The summed E-state index contributed by atoms with van der Waals surface area (Å²) in [7, 11) is 0. The fourth-order valence-corrected chi connectivity index (χ4v) is 1.51. The summed E-state index contributed by atoms with van der Waals surface area (Å²) in [5, 5.41) is -0.0188. The van der Waals surface area contributed by atoms with E-state index in [1.165, 1.54) is 18.3 Å². The number of nitrogens with one attached hydrogen (secondary N) is 1. The first-order valence-corrected chi connectivity index (χ1v) is 5.35. The van der Waals surface area contributed by atoms with Crippen LogP contribution in [-0.2, 0) is 4.84 Å². The summed E-state index contributed by atoms with van der Waals surface area (Å²) in [6.45, 7) is 1.99. The molecule has 0 unspecified atom stereocenters. The Bertz CT molecular complexity index is 363. The quantitative estimate of drug-likeness (QED) is 0.640. The highest BCUT2D eigenvalue weighted by Gasteiger charge is 2.16. The number of amides is 1. The van der Waals surface area contributed by atoms with E-state index in [0.717, 1.165) is 0 Å². The van der Waals surface area contributed by atoms with Gasteiger partial charge in [0.25, 0.3) is 11.7 Å². The smallest absolute Gasteiger partial charge is 0.274 e. The second kappa shape index (κ2) is 6.39. The first-order chi connectivity index (χ1) is 7.65. The van der Waals surface area contributed by atoms with Crippen LogP contribution in [0.2, 0.25) is 0 Å². The van der Waals surface area contributed by atoms with Crippen LogP contribution < -0.4 is 5.48 Å². The summed E-state index contributed by atoms with van der Waals surface area (Å²) in [6.07, 6.45) is 1.35. The molecule has 4 nitrogen and oxygen atoms in total. The Morgan fingerprint density at radius 3 is 3.06 bits per heavy atom. The largest absolute Gasteiger partial charge is 0.290 e. The third-order valence-electron chi connectivity index (χ3n) is 1.53. The number of thioether (sulfide) groups is 1. The van der Waals surface area contributed by atoms with Gasteiger partial charge in [-0.05, 0) is 30.8 Å². The SMILES string of the molecule is CCONC(=O)c1cccnc1SC(F)F. The van der Waals surface area contributed by atoms with Gasteiger partial charge in [0.05, 0.1) is 12.2 Å². The molecule has 1 rings (SSSR count). The molecule has 0 radical (unpaired) electrons. The monoisotopic (exact) mass is 248 g/mol. The third-order valence-corrected chi connectivity index (χ3v) is 2.25. The molecule has 0 aromatic carbocycles. The molecule has 1 aromatic rings. The van der Waals surface area contributed by atoms with Crippen molar-refractivity contribution in [1.29, 1.82) is 0 Å². The molecule has 7 heteroatoms. The van der Waals surface area contributed by atoms with Gasteiger partial charge in [0.2, 0.25) is 0 Å². The average molecular weight is 248 g/mol. The lowest BCUT2D eigenvalue weighted by Gasteiger charge is -2.07. The zero-order chi connectivity index (χ0) is 12.0. The van der Waals surface area contributed by atoms with Gasteiger partial charge in [0, 0.05) is 6.20 Å². The molecule has 0 saturated carbocycles. The fraction of sp³-hybridized carbons (Fsp3) is 0.333. The standard InChI is InChI=1S/C9H10F2N2O2S/c1-2-15-13-7(14)6-4-3-5-12-8(6)16-9(10)11/h3-5,9H,2H2,1H3,(H,13,14). The van der Waals surface area contributed by atoms with Gasteiger partial charge in [0.15, 0.2) is 0 Å². The van der Waals surface area contributed by atoms with E-state index in [4.69, 9.17) is 0 Å². The van der Waals surface area contributed by atoms with Crippen LogP contribution in [0, 0.1) is 0 Å². The normalized spacial score (nSPS) is 10.5. The van der Waals surface area contributed by atoms with Crippen molar-refractivity contribution in [3.8, 4) is 0 Å². The van der Waals surface area contributed by atoms with E-state index >= 15 is 0 Å². The summed E-state index contributed by atoms with van der Waals surface area (Å²) in [5.74, 6) is -3.20. The van der Waals surface area contributed by atoms with Crippen molar-refractivity contribution in [2.24, 2.45) is 0 Å². The van der Waals surface area contributed by atoms with Crippen LogP contribution in [0.4, 0.5) is 8.78 Å². The average Bonchev–Trinajstić information content (AvgIpc) is 2.26. The number of hydrogen-bond donors (Lipinski definition) is 1. The van der Waals surface area contributed by atoms with Crippen molar-refractivity contribution in [2.75, 3.05) is 6.61 Å². The number of carbonyl (C=O) groups is 1. The molecule has 1 N–H and O–H groups in total. The van der Waals surface area contributed by atoms with Crippen LogP contribution in [0.3, 0.4) is 0 Å². The fourth-order valence-electron chi connectivity index (χ4n) is 0.935. The Morgan fingerprint density at radius 1 is 1.69 bits per heavy atom. The van der Waals surface area contributed by atoms with E-state index in [1.807, 2.05) is 0 Å². The van der Waals surface area contributed by atoms with Gasteiger partial charge in [-0.1, -0.05) is 0 Å². The van der Waals surface area contributed by atoms with Gasteiger partial charge >= 0.3 is 0 Å². The van der Waals surface area contributed by atoms with Crippen LogP contribution in [0.1, 0.15) is 17.3 Å². The number of carbonyl (C=O) groups excluding carboxylic acids is 1. The lowest BCUT2D eigenvalue weighted by molar-refractivity contribution is 0.0361. The lowest BCUT2D eigenvalue weighted by atomic mass is 10.3. The van der Waals surface area contributed by atoms with Crippen LogP contribution in [0.15, 0.2) is 23.4 Å². The Labute approximate surface area is 95.3 Å². The number of nitrogens with zero attached hydrogens (tertiary/aromatic N) is 1. The second-order valence-electron chi connectivity index (χ2n) is 2.60. The number of halogens is 2. The Hall–Kier alpha value is -1.21. The highest BCUT2D eigenvalue weighted by atomic mass is 32.2. The van der Waals surface area contributed by atoms with Gasteiger partial charge in [-0.25, -0.2) is 10.5 Å². The van der Waals surface area contributed by atoms with Crippen LogP contribution in [0.25, 0.3) is 0 Å². The minimum absolute atomic E-state index is 0.0188. The summed E-state index contributed by atoms with van der Waals surface area (Å²) < 4.78 is 24.4. The zero-order valence-electron chi connectivity index (χ0n) is 8.44. The number of hydrogen-bond acceptors (Lipinski definition) is 4. The predicted molar refractivity (Wildman–Crippen MR) is 55.2 cm³/mol. The Kier molecular flexibility index (Phi) is 5.13. The van der Waals surface area contributed by atoms with Crippen molar-refractivity contribution in [3.05, 3.63) is 23.9 Å². The van der Waals surface area contributed by atoms with Crippen LogP contribution >= 0.6 is 11.8 Å². The lowest BCUT2D eigenvalue weighted by Crippen LogP contribution is -2.24. The van der Waals surface area contributed by atoms with E-state index in [1.54, 1.807) is 6.92 Å². The molecule has 88 valence electrons. The Morgan fingerprint density at radius 2 is 2.44 bits per heavy atom. The number of aromatic nitrogens is 1. The minimum atomic E-state index is -2.62. The summed E-state index contributed by atoms with van der Waals surface area (Å²) in [5.41, 5.74) is 2.20. The highest BCUT2D eigenvalue weighted by Crippen LogP contribution is 2.26. The summed E-state index contributed by atoms with van der Waals surface area (Å²) in [6, 6.07) is 2.91. The van der Waals surface area contributed by atoms with Crippen molar-refractivity contribution in [2.45, 2.75) is 17.7 Å². The van der Waals surface area contributed by atoms with Crippen LogP contribution in [0.5, 0.6) is 0 Å². The predicted octanol–water partition coefficient (Wildman–Crippen LogP) is 2.08. The second-order valence-corrected chi connectivity index (χ2v) is 3.58. The molecule has 0 saturated heterocycles. The molecule has 0 spiro atoms. The van der Waals surface area contributed by atoms with Gasteiger partial charge < -0.3 is 0 Å². The maximum Gasteiger partial charge on any atom is 0.290 e. The van der Waals surface area contributed by atoms with Gasteiger partial charge in [0.1, 0.15) is 5.03 Å². The molecule has 0 atom stereocenters. The number of hydroxylamine groups is 1. The first kappa shape index (κ1) is 12.9. The molecular formula is C9H10F2N2O2S. The molecule has 1 aromatic heterocycles. The van der Waals surface area contributed by atoms with Gasteiger partial charge in [-0.2, -0.15) is 8.78 Å². The Balaban J connectivity index is 2.81. The number of pyridine rings is 1. The van der Waals surface area contributed by atoms with Crippen LogP contribution in [-0.4, -0.2) is 23.3 Å². The van der Waals surface area contributed by atoms with Crippen molar-refractivity contribution in [3.63, 3.8) is 0 Å². The van der Waals surface area contributed by atoms with Crippen molar-refractivity contribution >= 4 is 17.7 Å². The highest BCUT2D eigenvalue weighted by molar-refractivity contribution is 7.99. The van der Waals surface area contributed by atoms with E-state index in [2.05, 4.69) is 15.3 Å². The molecule has 16 heavy (non-hydrogen) atoms. The molecule has 1 heterocycles. The molecule has 0 fully saturated rings. The van der Waals surface area contributed by atoms with Crippen molar-refractivity contribution in [1.82, 2.24) is 10.5 Å². The summed E-state index contributed by atoms with van der Waals surface area (Å²) >= 11 is 0.226. The van der Waals surface area contributed by atoms with E-state index < -0.39 is 11.7 Å². The molecular weight excluding hydrogens is 238 g/mol. The maximum absolute atomic E-state index is 12.2. The number of alkyl halides is 2. The summed E-state index contributed by atoms with van der Waals surface area (Å²) in [4.78, 5) is 19.9. The van der Waals surface area contributed by atoms with E-state index in [-0.39, 0.29) is 22.4 Å². The molecule has 0 aliphatic rings. The maximum atomic E-state index is 12.2. The first-order valence-electron chi connectivity index (χ1n) is 4.47. The van der Waals surface area contributed by atoms with E-state index in [0.29, 0.717) is 6.61 Å². The number of rotatable bonds is 5. The molecule has 0 aliphatic carbocycles. The third kappa shape index (κ3) is 3.74. The van der Waals surface area contributed by atoms with Crippen molar-refractivity contribution < 1.29 is 18.4 Å². The molecule has 0 aliphatic heterocycles. The molecule has 1 amide bonds. The van der Waals surface area contributed by atoms with E-state index in [9.17, 15) is 13.6 Å². The minimum Gasteiger partial charge on any atom is -0.274 e. The zero-order valence-corrected chi connectivity index (χ0v) is 9.26. The molecule has 0 bridgehead atoms. The topological polar surface area (TPSA) is 51.2 Å².